The zero-order valence-electron chi connectivity index (χ0n) is 22.2. The molecule has 0 aliphatic carbocycles. The number of aromatic nitrogens is 2. The van der Waals surface area contributed by atoms with E-state index in [1.54, 1.807) is 11.8 Å². The van der Waals surface area contributed by atoms with Crippen molar-refractivity contribution in [2.75, 3.05) is 19.5 Å². The standard InChI is InChI=1S/C26H38N2O8S/c1-14(2)12-33-26(32)34-13-20-21(29)22(30)23(31)25(35-20)36-24-19(16(5)28(27-24)15(3)4)11-17-7-9-18(37-6)10-8-17/h7-10,14-15,20-23,25,29-31H,11-13H2,1-6H3/t20-,21-,22+,23-,25+/m1/s1. The summed E-state index contributed by atoms with van der Waals surface area (Å²) in [5.74, 6) is 0.384. The molecule has 5 atom stereocenters. The largest absolute Gasteiger partial charge is 0.508 e. The predicted octanol–water partition coefficient (Wildman–Crippen LogP) is 3.08. The molecule has 0 bridgehead atoms. The number of rotatable bonds is 10. The highest BCUT2D eigenvalue weighted by atomic mass is 32.2. The molecule has 1 fully saturated rings. The number of hydrogen-bond acceptors (Lipinski definition) is 10. The molecule has 2 aromatic rings. The van der Waals surface area contributed by atoms with Gasteiger partial charge in [-0.2, -0.15) is 0 Å². The van der Waals surface area contributed by atoms with E-state index in [0.717, 1.165) is 21.7 Å². The first-order valence-corrected chi connectivity index (χ1v) is 13.6. The Kier molecular flexibility index (Phi) is 10.3. The van der Waals surface area contributed by atoms with Crippen molar-refractivity contribution in [2.24, 2.45) is 5.92 Å². The zero-order chi connectivity index (χ0) is 27.3. The van der Waals surface area contributed by atoms with Gasteiger partial charge < -0.3 is 34.3 Å². The Balaban J connectivity index is 1.78. The molecule has 3 N–H and O–H groups in total. The lowest BCUT2D eigenvalue weighted by atomic mass is 9.99. The minimum absolute atomic E-state index is 0.0533. The van der Waals surface area contributed by atoms with Crippen molar-refractivity contribution < 1.29 is 39.1 Å². The van der Waals surface area contributed by atoms with E-state index in [-0.39, 0.29) is 24.4 Å². The smallest absolute Gasteiger partial charge is 0.443 e. The number of thioether (sulfide) groups is 1. The molecule has 1 aromatic heterocycles. The van der Waals surface area contributed by atoms with Gasteiger partial charge in [-0.25, -0.2) is 4.79 Å². The number of carbonyl (C=O) groups excluding carboxylic acids is 1. The number of nitrogens with zero attached hydrogens (tertiary/aromatic N) is 2. The second kappa shape index (κ2) is 13.0. The highest BCUT2D eigenvalue weighted by molar-refractivity contribution is 7.98. The van der Waals surface area contributed by atoms with Crippen molar-refractivity contribution in [1.29, 1.82) is 0 Å². The van der Waals surface area contributed by atoms with Gasteiger partial charge in [0.2, 0.25) is 12.2 Å². The van der Waals surface area contributed by atoms with Crippen molar-refractivity contribution in [3.8, 4) is 5.88 Å². The van der Waals surface area contributed by atoms with E-state index in [1.165, 1.54) is 0 Å². The van der Waals surface area contributed by atoms with Crippen LogP contribution in [0.1, 0.15) is 50.6 Å². The molecular weight excluding hydrogens is 500 g/mol. The molecule has 206 valence electrons. The topological polar surface area (TPSA) is 133 Å². The van der Waals surface area contributed by atoms with Gasteiger partial charge in [-0.1, -0.05) is 26.0 Å². The van der Waals surface area contributed by atoms with E-state index in [1.807, 2.05) is 69.8 Å². The molecule has 1 aliphatic heterocycles. The maximum atomic E-state index is 11.8. The molecule has 1 aromatic carbocycles. The molecule has 0 amide bonds. The summed E-state index contributed by atoms with van der Waals surface area (Å²) in [6.07, 6.45) is -5.51. The number of ether oxygens (including phenoxy) is 4. The van der Waals surface area contributed by atoms with E-state index in [0.29, 0.717) is 6.42 Å². The summed E-state index contributed by atoms with van der Waals surface area (Å²) in [5, 5.41) is 36.0. The molecular formula is C26H38N2O8S. The molecule has 0 saturated carbocycles. The monoisotopic (exact) mass is 538 g/mol. The summed E-state index contributed by atoms with van der Waals surface area (Å²) < 4.78 is 23.6. The summed E-state index contributed by atoms with van der Waals surface area (Å²) in [7, 11) is 0. The maximum absolute atomic E-state index is 11.8. The van der Waals surface area contributed by atoms with E-state index < -0.39 is 43.5 Å². The lowest BCUT2D eigenvalue weighted by Gasteiger charge is -2.39. The quantitative estimate of drug-likeness (QED) is 0.306. The highest BCUT2D eigenvalue weighted by Crippen LogP contribution is 2.31. The van der Waals surface area contributed by atoms with E-state index in [9.17, 15) is 20.1 Å². The number of aliphatic hydroxyl groups is 3. The number of hydrogen-bond donors (Lipinski definition) is 3. The van der Waals surface area contributed by atoms with Gasteiger partial charge in [0, 0.05) is 28.6 Å². The van der Waals surface area contributed by atoms with Crippen LogP contribution in [0.25, 0.3) is 0 Å². The van der Waals surface area contributed by atoms with Crippen molar-refractivity contribution >= 4 is 17.9 Å². The van der Waals surface area contributed by atoms with Gasteiger partial charge in [-0.3, -0.25) is 4.68 Å². The van der Waals surface area contributed by atoms with Crippen LogP contribution in [0.2, 0.25) is 0 Å². The zero-order valence-corrected chi connectivity index (χ0v) is 23.0. The second-order valence-corrected chi connectivity index (χ2v) is 10.7. The van der Waals surface area contributed by atoms with Crippen LogP contribution in [0.15, 0.2) is 29.2 Å². The van der Waals surface area contributed by atoms with Gasteiger partial charge in [0.15, 0.2) is 0 Å². The highest BCUT2D eigenvalue weighted by Gasteiger charge is 2.46. The minimum Gasteiger partial charge on any atom is -0.443 e. The Bertz CT molecular complexity index is 1030. The van der Waals surface area contributed by atoms with Crippen molar-refractivity contribution in [3.05, 3.63) is 41.1 Å². The molecule has 0 spiro atoms. The number of aliphatic hydroxyl groups excluding tert-OH is 3. The molecule has 37 heavy (non-hydrogen) atoms. The van der Waals surface area contributed by atoms with Crippen molar-refractivity contribution in [3.63, 3.8) is 0 Å². The second-order valence-electron chi connectivity index (χ2n) is 9.83. The van der Waals surface area contributed by atoms with Crippen LogP contribution < -0.4 is 4.74 Å². The lowest BCUT2D eigenvalue weighted by molar-refractivity contribution is -0.278. The normalized spacial score (nSPS) is 23.9. The van der Waals surface area contributed by atoms with E-state index in [4.69, 9.17) is 18.9 Å². The van der Waals surface area contributed by atoms with Crippen LogP contribution in [0.4, 0.5) is 4.79 Å². The van der Waals surface area contributed by atoms with Gasteiger partial charge in [0.1, 0.15) is 31.0 Å². The molecule has 2 heterocycles. The molecule has 10 nitrogen and oxygen atoms in total. The van der Waals surface area contributed by atoms with Crippen LogP contribution in [0, 0.1) is 12.8 Å². The number of carbonyl (C=O) groups is 1. The average molecular weight is 539 g/mol. The fourth-order valence-electron chi connectivity index (χ4n) is 3.96. The predicted molar refractivity (Wildman–Crippen MR) is 138 cm³/mol. The summed E-state index contributed by atoms with van der Waals surface area (Å²) >= 11 is 1.66. The van der Waals surface area contributed by atoms with Gasteiger partial charge in [0.05, 0.1) is 6.61 Å². The summed E-state index contributed by atoms with van der Waals surface area (Å²) in [4.78, 5) is 13.0. The van der Waals surface area contributed by atoms with Gasteiger partial charge in [-0.05, 0) is 50.6 Å². The molecule has 1 saturated heterocycles. The first-order chi connectivity index (χ1) is 17.5. The molecule has 0 unspecified atom stereocenters. The Morgan fingerprint density at radius 2 is 1.76 bits per heavy atom. The van der Waals surface area contributed by atoms with Crippen LogP contribution in [0.5, 0.6) is 5.88 Å². The van der Waals surface area contributed by atoms with Crippen LogP contribution in [-0.4, -0.2) is 81.4 Å². The van der Waals surface area contributed by atoms with Crippen molar-refractivity contribution in [1.82, 2.24) is 9.78 Å². The maximum Gasteiger partial charge on any atom is 0.508 e. The van der Waals surface area contributed by atoms with Crippen molar-refractivity contribution in [2.45, 2.75) is 82.7 Å². The molecule has 1 aliphatic rings. The van der Waals surface area contributed by atoms with Gasteiger partial charge in [0.25, 0.3) is 0 Å². The number of benzene rings is 1. The Morgan fingerprint density at radius 3 is 2.35 bits per heavy atom. The van der Waals surface area contributed by atoms with Gasteiger partial charge in [-0.15, -0.1) is 16.9 Å². The Morgan fingerprint density at radius 1 is 1.08 bits per heavy atom. The molecule has 3 rings (SSSR count). The lowest BCUT2D eigenvalue weighted by Crippen LogP contribution is -2.60. The SMILES string of the molecule is CSc1ccc(Cc2c(O[C@@H]3O[C@H](COC(=O)OCC(C)C)[C@@H](O)[C@H](O)[C@H]3O)nn(C(C)C)c2C)cc1. The summed E-state index contributed by atoms with van der Waals surface area (Å²) in [5.41, 5.74) is 2.77. The van der Waals surface area contributed by atoms with E-state index in [2.05, 4.69) is 5.10 Å². The van der Waals surface area contributed by atoms with Gasteiger partial charge >= 0.3 is 6.16 Å². The van der Waals surface area contributed by atoms with E-state index >= 15 is 0 Å². The average Bonchev–Trinajstić information content (AvgIpc) is 3.17. The molecule has 11 heteroatoms. The third kappa shape index (κ3) is 7.38. The Labute approximate surface area is 221 Å². The summed E-state index contributed by atoms with van der Waals surface area (Å²) in [6, 6.07) is 8.23. The van der Waals surface area contributed by atoms with Crippen LogP contribution in [0.3, 0.4) is 0 Å². The fourth-order valence-corrected chi connectivity index (χ4v) is 4.37. The first kappa shape index (κ1) is 29.2. The van der Waals surface area contributed by atoms with Crippen LogP contribution >= 0.6 is 11.8 Å². The third-order valence-corrected chi connectivity index (χ3v) is 6.81. The van der Waals surface area contributed by atoms with Crippen LogP contribution in [-0.2, 0) is 20.6 Å². The summed E-state index contributed by atoms with van der Waals surface area (Å²) in [6.45, 7) is 9.50. The minimum atomic E-state index is -1.59. The molecule has 0 radical (unpaired) electrons. The third-order valence-electron chi connectivity index (χ3n) is 6.06. The Hall–Kier alpha value is -2.31. The first-order valence-electron chi connectivity index (χ1n) is 12.4. The fraction of sp³-hybridized carbons (Fsp3) is 0.615.